The molecule has 1 aromatic rings. The zero-order valence-electron chi connectivity index (χ0n) is 13.9. The van der Waals surface area contributed by atoms with E-state index in [4.69, 9.17) is 5.11 Å². The second-order valence-electron chi connectivity index (χ2n) is 6.45. The number of carboxylic acid groups (broad SMARTS) is 1. The fourth-order valence-electron chi connectivity index (χ4n) is 1.83. The van der Waals surface area contributed by atoms with E-state index in [1.807, 2.05) is 0 Å². The second kappa shape index (κ2) is 8.18. The molecule has 0 aromatic heterocycles. The Kier molecular flexibility index (Phi) is 7.01. The molecule has 0 saturated carbocycles. The molecule has 25 heavy (non-hydrogen) atoms. The van der Waals surface area contributed by atoms with Crippen molar-refractivity contribution < 1.29 is 32.0 Å². The first-order chi connectivity index (χ1) is 11.3. The molecule has 0 bridgehead atoms. The van der Waals surface area contributed by atoms with Crippen molar-refractivity contribution >= 4 is 23.0 Å². The molecule has 1 N–H and O–H groups in total. The summed E-state index contributed by atoms with van der Waals surface area (Å²) in [6.45, 7) is 4.81. The fraction of sp³-hybridized carbons (Fsp3) is 0.500. The molecule has 0 saturated heterocycles. The molecule has 2 atom stereocenters. The molecule has 0 amide bonds. The van der Waals surface area contributed by atoms with Gasteiger partial charge < -0.3 is 9.66 Å². The van der Waals surface area contributed by atoms with E-state index in [9.17, 15) is 26.9 Å². The van der Waals surface area contributed by atoms with Crippen LogP contribution < -0.4 is 0 Å². The Morgan fingerprint density at radius 1 is 1.20 bits per heavy atom. The summed E-state index contributed by atoms with van der Waals surface area (Å²) in [7, 11) is 0. The van der Waals surface area contributed by atoms with Crippen molar-refractivity contribution in [3.05, 3.63) is 35.6 Å². The van der Waals surface area contributed by atoms with Gasteiger partial charge in [-0.25, -0.2) is 4.39 Å². The Balaban J connectivity index is 3.27. The van der Waals surface area contributed by atoms with Gasteiger partial charge in [-0.3, -0.25) is 4.79 Å². The van der Waals surface area contributed by atoms with Gasteiger partial charge in [-0.2, -0.15) is 13.2 Å². The van der Waals surface area contributed by atoms with Crippen molar-refractivity contribution in [1.82, 2.24) is 0 Å². The molecule has 1 rings (SSSR count). The maximum atomic E-state index is 13.1. The van der Waals surface area contributed by atoms with Crippen molar-refractivity contribution in [1.29, 1.82) is 0 Å². The third-order valence-electron chi connectivity index (χ3n) is 3.22. The number of aliphatic carboxylic acids is 1. The van der Waals surface area contributed by atoms with Gasteiger partial charge in [0.05, 0.1) is 18.1 Å². The molecule has 1 unspecified atom stereocenters. The summed E-state index contributed by atoms with van der Waals surface area (Å²) in [5, 5.41) is 8.73. The Hall–Kier alpha value is -1.61. The first-order valence-electron chi connectivity index (χ1n) is 7.34. The molecule has 0 fully saturated rings. The van der Waals surface area contributed by atoms with Crippen LogP contribution in [0.1, 0.15) is 39.2 Å². The molecular formula is C16H19F4NO3S. The Labute approximate surface area is 146 Å². The van der Waals surface area contributed by atoms with Crippen LogP contribution in [0.3, 0.4) is 0 Å². The molecule has 9 heteroatoms. The Bertz CT molecular complexity index is 624. The molecule has 1 aromatic carbocycles. The predicted molar refractivity (Wildman–Crippen MR) is 87.2 cm³/mol. The van der Waals surface area contributed by atoms with Crippen LogP contribution in [0.15, 0.2) is 28.7 Å². The van der Waals surface area contributed by atoms with Gasteiger partial charge in [0.2, 0.25) is 0 Å². The molecular weight excluding hydrogens is 362 g/mol. The Morgan fingerprint density at radius 2 is 1.72 bits per heavy atom. The number of benzene rings is 1. The van der Waals surface area contributed by atoms with Gasteiger partial charge >= 0.3 is 12.1 Å². The van der Waals surface area contributed by atoms with E-state index in [1.54, 1.807) is 20.8 Å². The van der Waals surface area contributed by atoms with Crippen LogP contribution in [0.5, 0.6) is 0 Å². The van der Waals surface area contributed by atoms with E-state index < -0.39 is 52.8 Å². The monoisotopic (exact) mass is 381 g/mol. The minimum atomic E-state index is -4.76. The highest BCUT2D eigenvalue weighted by Gasteiger charge is 2.42. The SMILES string of the molecule is CC(C)(C)[S+]([O-])/N=C(/C[C@@H](CC(=O)O)C(F)(F)F)c1ccc(F)cc1. The maximum absolute atomic E-state index is 13.1. The summed E-state index contributed by atoms with van der Waals surface area (Å²) in [6.07, 6.45) is -6.66. The fourth-order valence-corrected chi connectivity index (χ4v) is 2.49. The Morgan fingerprint density at radius 3 is 2.12 bits per heavy atom. The lowest BCUT2D eigenvalue weighted by Crippen LogP contribution is -2.30. The summed E-state index contributed by atoms with van der Waals surface area (Å²) in [4.78, 5) is 10.8. The number of nitrogens with zero attached hydrogens (tertiary/aromatic N) is 1. The molecule has 0 aliphatic carbocycles. The van der Waals surface area contributed by atoms with Crippen molar-refractivity contribution in [2.24, 2.45) is 10.3 Å². The van der Waals surface area contributed by atoms with E-state index in [0.29, 0.717) is 0 Å². The first kappa shape index (κ1) is 21.4. The normalized spacial score (nSPS) is 15.8. The summed E-state index contributed by atoms with van der Waals surface area (Å²) >= 11 is -1.85. The highest BCUT2D eigenvalue weighted by atomic mass is 32.2. The molecule has 0 aliphatic heterocycles. The van der Waals surface area contributed by atoms with Crippen molar-refractivity contribution in [3.63, 3.8) is 0 Å². The quantitative estimate of drug-likeness (QED) is 0.458. The third kappa shape index (κ3) is 7.03. The van der Waals surface area contributed by atoms with Crippen molar-refractivity contribution in [2.75, 3.05) is 0 Å². The van der Waals surface area contributed by atoms with Crippen LogP contribution in [0.25, 0.3) is 0 Å². The second-order valence-corrected chi connectivity index (χ2v) is 8.35. The lowest BCUT2D eigenvalue weighted by atomic mass is 9.94. The van der Waals surface area contributed by atoms with Crippen LogP contribution in [0, 0.1) is 11.7 Å². The number of hydrogen-bond acceptors (Lipinski definition) is 3. The largest absolute Gasteiger partial charge is 0.591 e. The maximum Gasteiger partial charge on any atom is 0.392 e. The van der Waals surface area contributed by atoms with Crippen LogP contribution in [-0.2, 0) is 16.2 Å². The molecule has 4 nitrogen and oxygen atoms in total. The van der Waals surface area contributed by atoms with Gasteiger partial charge in [-0.15, -0.1) is 0 Å². The number of carbonyl (C=O) groups is 1. The van der Waals surface area contributed by atoms with E-state index in [1.165, 1.54) is 12.1 Å². The van der Waals surface area contributed by atoms with Gasteiger partial charge in [0.1, 0.15) is 21.9 Å². The van der Waals surface area contributed by atoms with E-state index >= 15 is 0 Å². The van der Waals surface area contributed by atoms with Gasteiger partial charge in [0.25, 0.3) is 0 Å². The standard InChI is InChI=1S/C16H19F4NO3S/c1-15(2,3)25(24)21-13(10-4-6-12(17)7-5-10)8-11(9-14(22)23)16(18,19)20/h4-7,11H,8-9H2,1-3H3,(H,22,23)/b21-13-/t11-,25?/m0/s1. The summed E-state index contributed by atoms with van der Waals surface area (Å²) in [5.41, 5.74) is -0.00419. The van der Waals surface area contributed by atoms with Crippen molar-refractivity contribution in [3.8, 4) is 0 Å². The van der Waals surface area contributed by atoms with E-state index in [2.05, 4.69) is 4.40 Å². The van der Waals surface area contributed by atoms with Gasteiger partial charge in [-0.05, 0) is 32.9 Å². The third-order valence-corrected chi connectivity index (χ3v) is 4.65. The predicted octanol–water partition coefficient (Wildman–Crippen LogP) is 4.12. The highest BCUT2D eigenvalue weighted by Crippen LogP contribution is 2.33. The number of halogens is 4. The first-order valence-corrected chi connectivity index (χ1v) is 8.45. The van der Waals surface area contributed by atoms with E-state index in [-0.39, 0.29) is 11.3 Å². The van der Waals surface area contributed by atoms with Crippen LogP contribution in [-0.4, -0.2) is 32.3 Å². The lowest BCUT2D eigenvalue weighted by Gasteiger charge is -2.22. The topological polar surface area (TPSA) is 72.7 Å². The van der Waals surface area contributed by atoms with Crippen molar-refractivity contribution in [2.45, 2.75) is 44.5 Å². The highest BCUT2D eigenvalue weighted by molar-refractivity contribution is 7.91. The number of alkyl halides is 3. The van der Waals surface area contributed by atoms with Crippen LogP contribution in [0.2, 0.25) is 0 Å². The lowest BCUT2D eigenvalue weighted by molar-refractivity contribution is -0.181. The average Bonchev–Trinajstić information content (AvgIpc) is 2.44. The summed E-state index contributed by atoms with van der Waals surface area (Å²) in [5.74, 6) is -4.37. The van der Waals surface area contributed by atoms with Gasteiger partial charge in [-0.1, -0.05) is 16.5 Å². The number of rotatable bonds is 6. The smallest absolute Gasteiger partial charge is 0.392 e. The molecule has 140 valence electrons. The minimum absolute atomic E-state index is 0.165. The van der Waals surface area contributed by atoms with E-state index in [0.717, 1.165) is 12.1 Å². The van der Waals surface area contributed by atoms with Gasteiger partial charge in [0.15, 0.2) is 0 Å². The molecule has 0 spiro atoms. The van der Waals surface area contributed by atoms with Gasteiger partial charge in [0, 0.05) is 12.0 Å². The van der Waals surface area contributed by atoms with Crippen LogP contribution in [0.4, 0.5) is 17.6 Å². The summed E-state index contributed by atoms with van der Waals surface area (Å²) in [6, 6.07) is 4.54. The average molecular weight is 381 g/mol. The number of hydrogen-bond donors (Lipinski definition) is 1. The minimum Gasteiger partial charge on any atom is -0.591 e. The molecule has 0 aliphatic rings. The number of carboxylic acids is 1. The molecule has 0 heterocycles. The molecule has 0 radical (unpaired) electrons. The zero-order valence-corrected chi connectivity index (χ0v) is 14.7. The van der Waals surface area contributed by atoms with Crippen LogP contribution >= 0.6 is 0 Å². The zero-order chi connectivity index (χ0) is 19.4. The summed E-state index contributed by atoms with van der Waals surface area (Å²) < 4.78 is 67.8.